The topological polar surface area (TPSA) is 34.5 Å². The molecular formula is C22H30N2O2. The van der Waals surface area contributed by atoms with Crippen LogP contribution in [0.1, 0.15) is 49.8 Å². The zero-order valence-electron chi connectivity index (χ0n) is 16.3. The average molecular weight is 354 g/mol. The van der Waals surface area contributed by atoms with Gasteiger partial charge in [0.15, 0.2) is 0 Å². The largest absolute Gasteiger partial charge is 0.469 e. The average Bonchev–Trinajstić information content (AvgIpc) is 2.97. The maximum absolute atomic E-state index is 12.9. The number of ether oxygens (including phenoxy) is 1. The SMILES string of the molecule is CCC12CCCN(CCc3c(n(C)c4ccccc34)C(C(=O)OC)C1)C2. The van der Waals surface area contributed by atoms with Crippen LogP contribution in [-0.2, 0) is 23.0 Å². The van der Waals surface area contributed by atoms with Crippen LogP contribution < -0.4 is 0 Å². The summed E-state index contributed by atoms with van der Waals surface area (Å²) in [6.07, 6.45) is 5.47. The van der Waals surface area contributed by atoms with E-state index in [0.29, 0.717) is 0 Å². The van der Waals surface area contributed by atoms with Gasteiger partial charge in [-0.3, -0.25) is 4.79 Å². The number of fused-ring (bicyclic) bond motifs is 5. The second-order valence-corrected chi connectivity index (χ2v) is 8.20. The summed E-state index contributed by atoms with van der Waals surface area (Å²) >= 11 is 0. The third-order valence-electron chi connectivity index (χ3n) is 6.88. The van der Waals surface area contributed by atoms with E-state index in [1.54, 1.807) is 0 Å². The molecule has 2 aliphatic rings. The van der Waals surface area contributed by atoms with Crippen molar-refractivity contribution in [2.24, 2.45) is 12.5 Å². The molecule has 26 heavy (non-hydrogen) atoms. The van der Waals surface area contributed by atoms with Crippen LogP contribution in [0.4, 0.5) is 0 Å². The number of piperidine rings is 1. The second-order valence-electron chi connectivity index (χ2n) is 8.20. The van der Waals surface area contributed by atoms with E-state index in [1.807, 2.05) is 0 Å². The molecule has 0 radical (unpaired) electrons. The molecule has 2 aliphatic heterocycles. The molecule has 1 saturated heterocycles. The summed E-state index contributed by atoms with van der Waals surface area (Å²) in [5.74, 6) is -0.255. The number of aromatic nitrogens is 1. The molecule has 0 N–H and O–H groups in total. The van der Waals surface area contributed by atoms with E-state index in [-0.39, 0.29) is 17.3 Å². The van der Waals surface area contributed by atoms with Crippen LogP contribution in [0.3, 0.4) is 0 Å². The van der Waals surface area contributed by atoms with Gasteiger partial charge < -0.3 is 14.2 Å². The van der Waals surface area contributed by atoms with Gasteiger partial charge in [0.25, 0.3) is 0 Å². The number of rotatable bonds is 2. The number of hydrogen-bond acceptors (Lipinski definition) is 3. The lowest BCUT2D eigenvalue weighted by Gasteiger charge is -2.43. The Morgan fingerprint density at radius 3 is 2.88 bits per heavy atom. The molecule has 0 aliphatic carbocycles. The molecule has 4 nitrogen and oxygen atoms in total. The summed E-state index contributed by atoms with van der Waals surface area (Å²) in [4.78, 5) is 15.5. The quantitative estimate of drug-likeness (QED) is 0.768. The van der Waals surface area contributed by atoms with E-state index in [2.05, 4.69) is 47.7 Å². The van der Waals surface area contributed by atoms with Crippen LogP contribution in [0.25, 0.3) is 10.9 Å². The molecular weight excluding hydrogens is 324 g/mol. The molecule has 3 unspecified atom stereocenters. The van der Waals surface area contributed by atoms with Crippen LogP contribution in [0.5, 0.6) is 0 Å². The van der Waals surface area contributed by atoms with Gasteiger partial charge in [0.05, 0.1) is 13.0 Å². The molecule has 1 fully saturated rings. The van der Waals surface area contributed by atoms with Crippen molar-refractivity contribution in [2.45, 2.75) is 44.9 Å². The molecule has 4 rings (SSSR count). The minimum atomic E-state index is -0.176. The Bertz CT molecular complexity index is 825. The van der Waals surface area contributed by atoms with Crippen LogP contribution >= 0.6 is 0 Å². The molecule has 0 amide bonds. The van der Waals surface area contributed by atoms with E-state index in [4.69, 9.17) is 4.74 Å². The van der Waals surface area contributed by atoms with Gasteiger partial charge in [-0.15, -0.1) is 0 Å². The Morgan fingerprint density at radius 2 is 2.12 bits per heavy atom. The summed E-state index contributed by atoms with van der Waals surface area (Å²) in [7, 11) is 3.64. The Balaban J connectivity index is 1.92. The van der Waals surface area contributed by atoms with Gasteiger partial charge in [0, 0.05) is 36.7 Å². The van der Waals surface area contributed by atoms with Gasteiger partial charge in [-0.1, -0.05) is 25.1 Å². The summed E-state index contributed by atoms with van der Waals surface area (Å²) < 4.78 is 7.55. The van der Waals surface area contributed by atoms with Crippen LogP contribution in [-0.4, -0.2) is 42.2 Å². The number of para-hydroxylation sites is 1. The minimum absolute atomic E-state index is 0.0796. The van der Waals surface area contributed by atoms with Crippen LogP contribution in [0, 0.1) is 5.41 Å². The predicted molar refractivity (Wildman–Crippen MR) is 104 cm³/mol. The third kappa shape index (κ3) is 2.75. The van der Waals surface area contributed by atoms with E-state index < -0.39 is 0 Å². The fraction of sp³-hybridized carbons (Fsp3) is 0.591. The first-order chi connectivity index (χ1) is 12.6. The highest BCUT2D eigenvalue weighted by Crippen LogP contribution is 2.45. The summed E-state index contributed by atoms with van der Waals surface area (Å²) in [5.41, 5.74) is 3.96. The molecule has 2 aromatic rings. The normalized spacial score (nSPS) is 28.7. The van der Waals surface area contributed by atoms with Crippen molar-refractivity contribution in [2.75, 3.05) is 26.7 Å². The lowest BCUT2D eigenvalue weighted by Crippen LogP contribution is -2.44. The lowest BCUT2D eigenvalue weighted by atomic mass is 9.71. The van der Waals surface area contributed by atoms with E-state index in [9.17, 15) is 4.79 Å². The standard InChI is InChI=1S/C22H30N2O2/c1-4-22-11-7-12-24(15-22)13-10-17-16-8-5-6-9-19(16)23(2)20(17)18(14-22)21(25)26-3/h5-6,8-9,18H,4,7,10-15H2,1-3H3. The highest BCUT2D eigenvalue weighted by Gasteiger charge is 2.41. The third-order valence-corrected chi connectivity index (χ3v) is 6.88. The molecule has 1 aromatic heterocycles. The first-order valence-corrected chi connectivity index (χ1v) is 9.95. The molecule has 1 aromatic carbocycles. The van der Waals surface area contributed by atoms with Gasteiger partial charge in [-0.25, -0.2) is 0 Å². The maximum atomic E-state index is 12.9. The number of carbonyl (C=O) groups is 1. The van der Waals surface area contributed by atoms with Crippen LogP contribution in [0.2, 0.25) is 0 Å². The number of nitrogens with zero attached hydrogens (tertiary/aromatic N) is 2. The highest BCUT2D eigenvalue weighted by atomic mass is 16.5. The number of carbonyl (C=O) groups excluding carboxylic acids is 1. The Kier molecular flexibility index (Phi) is 4.55. The molecule has 2 bridgehead atoms. The van der Waals surface area contributed by atoms with Crippen molar-refractivity contribution in [3.63, 3.8) is 0 Å². The Hall–Kier alpha value is -1.81. The number of hydrogen-bond donors (Lipinski definition) is 0. The zero-order valence-corrected chi connectivity index (χ0v) is 16.3. The fourth-order valence-electron chi connectivity index (χ4n) is 5.44. The molecule has 3 heterocycles. The summed E-state index contributed by atoms with van der Waals surface area (Å²) in [6.45, 7) is 5.67. The van der Waals surface area contributed by atoms with Gasteiger partial charge in [-0.2, -0.15) is 0 Å². The van der Waals surface area contributed by atoms with Gasteiger partial charge in [0.1, 0.15) is 0 Å². The predicted octanol–water partition coefficient (Wildman–Crippen LogP) is 3.87. The van der Waals surface area contributed by atoms with Crippen molar-refractivity contribution in [1.29, 1.82) is 0 Å². The first-order valence-electron chi connectivity index (χ1n) is 9.95. The van der Waals surface area contributed by atoms with E-state index >= 15 is 0 Å². The highest BCUT2D eigenvalue weighted by molar-refractivity contribution is 5.89. The Labute approximate surface area is 156 Å². The monoisotopic (exact) mass is 354 g/mol. The molecule has 3 atom stereocenters. The number of methoxy groups -OCH3 is 1. The van der Waals surface area contributed by atoms with E-state index in [1.165, 1.54) is 48.7 Å². The van der Waals surface area contributed by atoms with Crippen LogP contribution in [0.15, 0.2) is 24.3 Å². The smallest absolute Gasteiger partial charge is 0.314 e. The number of aryl methyl sites for hydroxylation is 1. The van der Waals surface area contributed by atoms with Crippen molar-refractivity contribution in [3.8, 4) is 0 Å². The summed E-state index contributed by atoms with van der Waals surface area (Å²) in [5, 5.41) is 1.29. The zero-order chi connectivity index (χ0) is 18.3. The minimum Gasteiger partial charge on any atom is -0.469 e. The van der Waals surface area contributed by atoms with Crippen molar-refractivity contribution in [1.82, 2.24) is 9.47 Å². The van der Waals surface area contributed by atoms with Gasteiger partial charge in [0.2, 0.25) is 0 Å². The molecule has 0 saturated carbocycles. The van der Waals surface area contributed by atoms with Gasteiger partial charge in [-0.05, 0) is 55.7 Å². The Morgan fingerprint density at radius 1 is 1.31 bits per heavy atom. The van der Waals surface area contributed by atoms with E-state index in [0.717, 1.165) is 32.4 Å². The molecule has 0 spiro atoms. The van der Waals surface area contributed by atoms with Gasteiger partial charge >= 0.3 is 5.97 Å². The molecule has 4 heteroatoms. The van der Waals surface area contributed by atoms with Crippen molar-refractivity contribution < 1.29 is 9.53 Å². The number of esters is 1. The maximum Gasteiger partial charge on any atom is 0.314 e. The first kappa shape index (κ1) is 17.6. The lowest BCUT2D eigenvalue weighted by molar-refractivity contribution is -0.143. The number of benzene rings is 1. The van der Waals surface area contributed by atoms with Crippen molar-refractivity contribution in [3.05, 3.63) is 35.5 Å². The summed E-state index contributed by atoms with van der Waals surface area (Å²) in [6, 6.07) is 8.56. The fourth-order valence-corrected chi connectivity index (χ4v) is 5.44. The van der Waals surface area contributed by atoms with Crippen molar-refractivity contribution >= 4 is 16.9 Å². The second kappa shape index (κ2) is 6.73. The molecule has 140 valence electrons.